The van der Waals surface area contributed by atoms with Crippen LogP contribution in [0, 0.1) is 17.5 Å². The third-order valence-electron chi connectivity index (χ3n) is 2.37. The van der Waals surface area contributed by atoms with Crippen LogP contribution >= 0.6 is 11.6 Å². The molecule has 1 N–H and O–H groups in total. The summed E-state index contributed by atoms with van der Waals surface area (Å²) >= 11 is 5.51. The Balaban J connectivity index is 2.44. The molecule has 0 aromatic heterocycles. The Bertz CT molecular complexity index is 666. The van der Waals surface area contributed by atoms with Gasteiger partial charge >= 0.3 is 5.97 Å². The van der Waals surface area contributed by atoms with Crippen LogP contribution in [0.15, 0.2) is 30.3 Å². The molecule has 0 heterocycles. The first-order chi connectivity index (χ1) is 9.40. The van der Waals surface area contributed by atoms with Crippen molar-refractivity contribution in [2.24, 2.45) is 0 Å². The minimum atomic E-state index is -1.50. The third-order valence-corrected chi connectivity index (χ3v) is 2.67. The van der Waals surface area contributed by atoms with Gasteiger partial charge in [-0.3, -0.25) is 0 Å². The van der Waals surface area contributed by atoms with E-state index in [1.807, 2.05) is 0 Å². The average molecular weight is 303 g/mol. The Kier molecular flexibility index (Phi) is 3.85. The summed E-state index contributed by atoms with van der Waals surface area (Å²) in [5.74, 6) is -6.38. The van der Waals surface area contributed by atoms with Crippen LogP contribution in [0.2, 0.25) is 5.02 Å². The Morgan fingerprint density at radius 1 is 1.15 bits per heavy atom. The van der Waals surface area contributed by atoms with E-state index < -0.39 is 40.5 Å². The maximum absolute atomic E-state index is 13.6. The molecule has 2 rings (SSSR count). The lowest BCUT2D eigenvalue weighted by Crippen LogP contribution is -2.01. The molecule has 0 spiro atoms. The van der Waals surface area contributed by atoms with E-state index in [0.29, 0.717) is 12.1 Å². The SMILES string of the molecule is O=C(O)c1cc(F)c(Oc2cccc(Cl)c2F)c(F)c1. The minimum Gasteiger partial charge on any atom is -0.478 e. The molecule has 0 saturated carbocycles. The summed E-state index contributed by atoms with van der Waals surface area (Å²) in [6.07, 6.45) is 0. The normalized spacial score (nSPS) is 10.4. The molecule has 104 valence electrons. The van der Waals surface area contributed by atoms with Crippen molar-refractivity contribution in [2.75, 3.05) is 0 Å². The first kappa shape index (κ1) is 14.2. The van der Waals surface area contributed by atoms with Gasteiger partial charge in [0.25, 0.3) is 0 Å². The molecule has 0 atom stereocenters. The van der Waals surface area contributed by atoms with Gasteiger partial charge in [0.2, 0.25) is 0 Å². The fourth-order valence-corrected chi connectivity index (χ4v) is 1.62. The maximum atomic E-state index is 13.6. The zero-order valence-corrected chi connectivity index (χ0v) is 10.4. The quantitative estimate of drug-likeness (QED) is 0.922. The number of carbonyl (C=O) groups is 1. The summed E-state index contributed by atoms with van der Waals surface area (Å²) in [6.45, 7) is 0. The fourth-order valence-electron chi connectivity index (χ4n) is 1.45. The van der Waals surface area contributed by atoms with Gasteiger partial charge in [0, 0.05) is 0 Å². The zero-order valence-electron chi connectivity index (χ0n) is 9.66. The first-order valence-electron chi connectivity index (χ1n) is 5.24. The Morgan fingerprint density at radius 2 is 1.75 bits per heavy atom. The molecule has 20 heavy (non-hydrogen) atoms. The van der Waals surface area contributed by atoms with Gasteiger partial charge in [-0.15, -0.1) is 0 Å². The number of aromatic carboxylic acids is 1. The number of ether oxygens (including phenoxy) is 1. The average Bonchev–Trinajstić information content (AvgIpc) is 2.38. The topological polar surface area (TPSA) is 46.5 Å². The molecular weight excluding hydrogens is 297 g/mol. The first-order valence-corrected chi connectivity index (χ1v) is 5.62. The van der Waals surface area contributed by atoms with E-state index >= 15 is 0 Å². The Labute approximate surface area is 116 Å². The van der Waals surface area contributed by atoms with E-state index in [-0.39, 0.29) is 5.02 Å². The molecule has 0 aliphatic heterocycles. The number of rotatable bonds is 3. The van der Waals surface area contributed by atoms with Crippen molar-refractivity contribution in [3.63, 3.8) is 0 Å². The second-order valence-electron chi connectivity index (χ2n) is 3.73. The fraction of sp³-hybridized carbons (Fsp3) is 0. The van der Waals surface area contributed by atoms with Crippen LogP contribution in [0.25, 0.3) is 0 Å². The smallest absolute Gasteiger partial charge is 0.335 e. The molecule has 0 fully saturated rings. The van der Waals surface area contributed by atoms with Gasteiger partial charge in [-0.25, -0.2) is 18.0 Å². The lowest BCUT2D eigenvalue weighted by molar-refractivity contribution is 0.0695. The van der Waals surface area contributed by atoms with Crippen molar-refractivity contribution in [2.45, 2.75) is 0 Å². The van der Waals surface area contributed by atoms with Crippen molar-refractivity contribution in [1.29, 1.82) is 0 Å². The van der Waals surface area contributed by atoms with Crippen LogP contribution in [-0.4, -0.2) is 11.1 Å². The summed E-state index contributed by atoms with van der Waals surface area (Å²) in [4.78, 5) is 10.6. The van der Waals surface area contributed by atoms with E-state index in [1.54, 1.807) is 0 Å². The summed E-state index contributed by atoms with van der Waals surface area (Å²) in [6, 6.07) is 4.85. The van der Waals surface area contributed by atoms with Crippen LogP contribution in [0.1, 0.15) is 10.4 Å². The Hall–Kier alpha value is -2.21. The van der Waals surface area contributed by atoms with Crippen molar-refractivity contribution in [3.05, 3.63) is 58.4 Å². The van der Waals surface area contributed by atoms with Gasteiger partial charge in [-0.2, -0.15) is 0 Å². The van der Waals surface area contributed by atoms with Gasteiger partial charge in [-0.1, -0.05) is 17.7 Å². The van der Waals surface area contributed by atoms with Crippen LogP contribution in [0.5, 0.6) is 11.5 Å². The molecule has 0 radical (unpaired) electrons. The maximum Gasteiger partial charge on any atom is 0.335 e. The van der Waals surface area contributed by atoms with Gasteiger partial charge in [0.15, 0.2) is 29.0 Å². The molecule has 7 heteroatoms. The number of halogens is 4. The summed E-state index contributed by atoms with van der Waals surface area (Å²) in [5, 5.41) is 8.37. The largest absolute Gasteiger partial charge is 0.478 e. The van der Waals surface area contributed by atoms with Crippen molar-refractivity contribution >= 4 is 17.6 Å². The second-order valence-corrected chi connectivity index (χ2v) is 4.14. The van der Waals surface area contributed by atoms with Gasteiger partial charge in [0.1, 0.15) is 0 Å². The highest BCUT2D eigenvalue weighted by molar-refractivity contribution is 6.30. The monoisotopic (exact) mass is 302 g/mol. The highest BCUT2D eigenvalue weighted by Gasteiger charge is 2.18. The van der Waals surface area contributed by atoms with Gasteiger partial charge in [0.05, 0.1) is 10.6 Å². The zero-order chi connectivity index (χ0) is 14.9. The standard InChI is InChI=1S/C13H6ClF3O3/c14-7-2-1-3-10(11(7)17)20-12-8(15)4-6(13(18)19)5-9(12)16/h1-5H,(H,18,19). The number of hydrogen-bond acceptors (Lipinski definition) is 2. The van der Waals surface area contributed by atoms with Gasteiger partial charge in [-0.05, 0) is 24.3 Å². The lowest BCUT2D eigenvalue weighted by Gasteiger charge is -2.10. The molecule has 0 aliphatic rings. The molecule has 0 amide bonds. The molecule has 0 aliphatic carbocycles. The van der Waals surface area contributed by atoms with Crippen LogP contribution in [0.3, 0.4) is 0 Å². The number of carboxylic acid groups (broad SMARTS) is 1. The van der Waals surface area contributed by atoms with Gasteiger partial charge < -0.3 is 9.84 Å². The van der Waals surface area contributed by atoms with Crippen molar-refractivity contribution in [1.82, 2.24) is 0 Å². The lowest BCUT2D eigenvalue weighted by atomic mass is 10.2. The summed E-state index contributed by atoms with van der Waals surface area (Å²) in [7, 11) is 0. The molecule has 0 bridgehead atoms. The van der Waals surface area contributed by atoms with E-state index in [1.165, 1.54) is 12.1 Å². The molecule has 0 unspecified atom stereocenters. The van der Waals surface area contributed by atoms with Crippen molar-refractivity contribution < 1.29 is 27.8 Å². The molecular formula is C13H6ClF3O3. The molecule has 3 nitrogen and oxygen atoms in total. The predicted octanol–water partition coefficient (Wildman–Crippen LogP) is 4.25. The predicted molar refractivity (Wildman–Crippen MR) is 64.8 cm³/mol. The van der Waals surface area contributed by atoms with Crippen LogP contribution < -0.4 is 4.74 Å². The van der Waals surface area contributed by atoms with Crippen LogP contribution in [-0.2, 0) is 0 Å². The second kappa shape index (κ2) is 5.42. The Morgan fingerprint density at radius 3 is 2.30 bits per heavy atom. The molecule has 0 saturated heterocycles. The minimum absolute atomic E-state index is 0.273. The third kappa shape index (κ3) is 2.70. The summed E-state index contributed by atoms with van der Waals surface area (Å²) < 4.78 is 45.6. The highest BCUT2D eigenvalue weighted by atomic mass is 35.5. The van der Waals surface area contributed by atoms with E-state index in [0.717, 1.165) is 6.07 Å². The van der Waals surface area contributed by atoms with E-state index in [4.69, 9.17) is 21.4 Å². The molecule has 2 aromatic rings. The number of hydrogen-bond donors (Lipinski definition) is 1. The van der Waals surface area contributed by atoms with E-state index in [2.05, 4.69) is 0 Å². The molecule has 2 aromatic carbocycles. The number of carboxylic acids is 1. The van der Waals surface area contributed by atoms with E-state index in [9.17, 15) is 18.0 Å². The highest BCUT2D eigenvalue weighted by Crippen LogP contribution is 2.32. The number of benzene rings is 2. The summed E-state index contributed by atoms with van der Waals surface area (Å²) in [5.41, 5.74) is -0.584. The van der Waals surface area contributed by atoms with Crippen molar-refractivity contribution in [3.8, 4) is 11.5 Å². The van der Waals surface area contributed by atoms with Crippen LogP contribution in [0.4, 0.5) is 13.2 Å².